The van der Waals surface area contributed by atoms with Gasteiger partial charge in [-0.1, -0.05) is 24.3 Å². The van der Waals surface area contributed by atoms with Crippen LogP contribution in [-0.4, -0.2) is 71.3 Å². The number of nitrogens with zero attached hydrogens (tertiary/aromatic N) is 3. The first-order chi connectivity index (χ1) is 19.7. The van der Waals surface area contributed by atoms with Crippen molar-refractivity contribution in [3.63, 3.8) is 0 Å². The second kappa shape index (κ2) is 12.8. The number of rotatable bonds is 2. The first-order valence-corrected chi connectivity index (χ1v) is 14.8. The number of carbonyl (C=O) groups excluding carboxylic acids is 3. The molecule has 2 aliphatic heterocycles. The molecule has 4 bridgehead atoms. The van der Waals surface area contributed by atoms with Crippen LogP contribution in [0.2, 0.25) is 0 Å². The number of hydrogen-bond donors (Lipinski definition) is 1. The summed E-state index contributed by atoms with van der Waals surface area (Å²) >= 11 is 1.54. The molecule has 2 atom stereocenters. The van der Waals surface area contributed by atoms with Gasteiger partial charge < -0.3 is 24.6 Å². The van der Waals surface area contributed by atoms with Crippen LogP contribution in [0.3, 0.4) is 0 Å². The van der Waals surface area contributed by atoms with Gasteiger partial charge in [-0.2, -0.15) is 0 Å². The van der Waals surface area contributed by atoms with E-state index in [0.717, 1.165) is 26.7 Å². The molecule has 1 saturated heterocycles. The van der Waals surface area contributed by atoms with Crippen LogP contribution < -0.4 is 10.1 Å². The summed E-state index contributed by atoms with van der Waals surface area (Å²) in [4.78, 5) is 47.8. The first kappa shape index (κ1) is 28.8. The third-order valence-corrected chi connectivity index (χ3v) is 8.56. The zero-order chi connectivity index (χ0) is 28.9. The van der Waals surface area contributed by atoms with E-state index < -0.39 is 6.04 Å². The molecule has 1 N–H and O–H groups in total. The predicted octanol–water partition coefficient (Wildman–Crippen LogP) is 3.80. The Balaban J connectivity index is 1.34. The number of benzene rings is 2. The molecule has 3 aromatic rings. The second-order valence-electron chi connectivity index (χ2n) is 10.7. The van der Waals surface area contributed by atoms with E-state index >= 15 is 0 Å². The standard InChI is InChI=1S/C31H36N4O5S/c1-20-28(41-21(2)32-20)16-31(38)35-13-12-27-26(17-35)33-29(36)18-34(3)30(37)11-10-22-6-4-8-24(14-22)40-25-9-5-7-23(15-25)19-39-27/h4-9,14-15,26-27H,10-13,16-19H2,1-3H3,(H,33,36)/t26-,27+/m0/s1. The summed E-state index contributed by atoms with van der Waals surface area (Å²) in [6, 6.07) is 15.0. The van der Waals surface area contributed by atoms with E-state index in [1.807, 2.05) is 62.4 Å². The summed E-state index contributed by atoms with van der Waals surface area (Å²) in [7, 11) is 1.64. The predicted molar refractivity (Wildman–Crippen MR) is 156 cm³/mol. The second-order valence-corrected chi connectivity index (χ2v) is 12.0. The lowest BCUT2D eigenvalue weighted by atomic mass is 10.0. The highest BCUT2D eigenvalue weighted by Crippen LogP contribution is 2.26. The largest absolute Gasteiger partial charge is 0.457 e. The summed E-state index contributed by atoms with van der Waals surface area (Å²) in [6.07, 6.45) is 1.38. The highest BCUT2D eigenvalue weighted by atomic mass is 32.1. The minimum atomic E-state index is -0.411. The molecule has 0 radical (unpaired) electrons. The fourth-order valence-corrected chi connectivity index (χ4v) is 6.21. The fraction of sp³-hybridized carbons (Fsp3) is 0.419. The van der Waals surface area contributed by atoms with Crippen molar-refractivity contribution in [3.05, 3.63) is 75.2 Å². The van der Waals surface area contributed by atoms with Gasteiger partial charge in [-0.25, -0.2) is 4.98 Å². The maximum Gasteiger partial charge on any atom is 0.239 e. The van der Waals surface area contributed by atoms with Gasteiger partial charge in [0.05, 0.1) is 42.4 Å². The van der Waals surface area contributed by atoms with Gasteiger partial charge in [0, 0.05) is 31.4 Å². The summed E-state index contributed by atoms with van der Waals surface area (Å²) in [5, 5.41) is 4.00. The van der Waals surface area contributed by atoms with Crippen molar-refractivity contribution >= 4 is 29.1 Å². The highest BCUT2D eigenvalue weighted by molar-refractivity contribution is 7.11. The SMILES string of the molecule is Cc1nc(C)c(CC(=O)N2CC[C@H]3OCc4cccc(c4)Oc4cccc(c4)CCC(=O)N(C)CC(=O)N[C@H]3C2)s1. The smallest absolute Gasteiger partial charge is 0.239 e. The molecule has 9 nitrogen and oxygen atoms in total. The molecular weight excluding hydrogens is 540 g/mol. The van der Waals surface area contributed by atoms with Crippen LogP contribution in [0.25, 0.3) is 0 Å². The Morgan fingerprint density at radius 2 is 1.80 bits per heavy atom. The van der Waals surface area contributed by atoms with Gasteiger partial charge in [0.1, 0.15) is 11.5 Å². The van der Waals surface area contributed by atoms with E-state index in [1.54, 1.807) is 23.3 Å². The highest BCUT2D eigenvalue weighted by Gasteiger charge is 2.34. The maximum absolute atomic E-state index is 13.2. The molecule has 2 aromatic carbocycles. The number of likely N-dealkylation sites (tertiary alicyclic amines) is 1. The Kier molecular flexibility index (Phi) is 8.99. The lowest BCUT2D eigenvalue weighted by Gasteiger charge is -2.39. The van der Waals surface area contributed by atoms with Crippen LogP contribution in [0.5, 0.6) is 11.5 Å². The number of hydrogen-bond acceptors (Lipinski definition) is 7. The Bertz CT molecular complexity index is 1420. The molecule has 2 aliphatic rings. The van der Waals surface area contributed by atoms with Crippen molar-refractivity contribution in [1.82, 2.24) is 20.1 Å². The van der Waals surface area contributed by atoms with Crippen molar-refractivity contribution in [2.45, 2.75) is 58.3 Å². The molecule has 3 heterocycles. The van der Waals surface area contributed by atoms with Gasteiger partial charge in [-0.15, -0.1) is 11.3 Å². The monoisotopic (exact) mass is 576 g/mol. The molecule has 41 heavy (non-hydrogen) atoms. The number of likely N-dealkylation sites (N-methyl/N-ethyl adjacent to an activating group) is 1. The number of aryl methyl sites for hydroxylation is 3. The minimum absolute atomic E-state index is 0.00394. The lowest BCUT2D eigenvalue weighted by molar-refractivity contribution is -0.138. The molecule has 5 rings (SSSR count). The third-order valence-electron chi connectivity index (χ3n) is 7.49. The van der Waals surface area contributed by atoms with Crippen molar-refractivity contribution in [3.8, 4) is 11.5 Å². The number of amides is 3. The molecule has 3 amide bonds. The van der Waals surface area contributed by atoms with Crippen LogP contribution in [0.15, 0.2) is 48.5 Å². The van der Waals surface area contributed by atoms with Gasteiger partial charge >= 0.3 is 0 Å². The Hall–Kier alpha value is -3.76. The van der Waals surface area contributed by atoms with Crippen LogP contribution in [-0.2, 0) is 38.6 Å². The number of nitrogens with one attached hydrogen (secondary N) is 1. The van der Waals surface area contributed by atoms with Crippen molar-refractivity contribution in [1.29, 1.82) is 0 Å². The van der Waals surface area contributed by atoms with Gasteiger partial charge in [0.15, 0.2) is 0 Å². The van der Waals surface area contributed by atoms with Gasteiger partial charge in [-0.05, 0) is 62.1 Å². The van der Waals surface area contributed by atoms with Crippen LogP contribution in [0.1, 0.15) is 39.5 Å². The van der Waals surface area contributed by atoms with Crippen molar-refractivity contribution in [2.24, 2.45) is 0 Å². The molecule has 0 saturated carbocycles. The molecule has 1 fully saturated rings. The summed E-state index contributed by atoms with van der Waals surface area (Å²) in [5.74, 6) is 0.996. The number of thiazole rings is 1. The summed E-state index contributed by atoms with van der Waals surface area (Å²) in [5.41, 5.74) is 2.81. The van der Waals surface area contributed by atoms with E-state index in [-0.39, 0.29) is 43.2 Å². The van der Waals surface area contributed by atoms with Crippen LogP contribution in [0.4, 0.5) is 0 Å². The fourth-order valence-electron chi connectivity index (χ4n) is 5.28. The number of fused-ring (bicyclic) bond motifs is 5. The molecule has 10 heteroatoms. The Labute approximate surface area is 244 Å². The molecule has 0 unspecified atom stereocenters. The number of piperidine rings is 1. The van der Waals surface area contributed by atoms with E-state index in [2.05, 4.69) is 10.3 Å². The van der Waals surface area contributed by atoms with Gasteiger partial charge in [0.25, 0.3) is 0 Å². The molecule has 1 aromatic heterocycles. The number of carbonyl (C=O) groups is 3. The minimum Gasteiger partial charge on any atom is -0.457 e. The van der Waals surface area contributed by atoms with E-state index in [9.17, 15) is 14.4 Å². The van der Waals surface area contributed by atoms with Crippen LogP contribution >= 0.6 is 11.3 Å². The van der Waals surface area contributed by atoms with Crippen molar-refractivity contribution < 1.29 is 23.9 Å². The van der Waals surface area contributed by atoms with E-state index in [0.29, 0.717) is 44.0 Å². The number of aromatic nitrogens is 1. The van der Waals surface area contributed by atoms with E-state index in [1.165, 1.54) is 4.90 Å². The zero-order valence-corrected chi connectivity index (χ0v) is 24.5. The maximum atomic E-state index is 13.2. The molecule has 0 spiro atoms. The average Bonchev–Trinajstić information content (AvgIpc) is 3.26. The summed E-state index contributed by atoms with van der Waals surface area (Å²) in [6.45, 7) is 4.99. The Morgan fingerprint density at radius 1 is 1.07 bits per heavy atom. The van der Waals surface area contributed by atoms with Gasteiger partial charge in [0.2, 0.25) is 17.7 Å². The lowest BCUT2D eigenvalue weighted by Crippen LogP contribution is -2.58. The topological polar surface area (TPSA) is 101 Å². The number of ether oxygens (including phenoxy) is 2. The zero-order valence-electron chi connectivity index (χ0n) is 23.7. The van der Waals surface area contributed by atoms with Gasteiger partial charge in [-0.3, -0.25) is 14.4 Å². The quantitative estimate of drug-likeness (QED) is 0.498. The molecule has 216 valence electrons. The van der Waals surface area contributed by atoms with E-state index in [4.69, 9.17) is 9.47 Å². The first-order valence-electron chi connectivity index (χ1n) is 13.9. The third kappa shape index (κ3) is 7.51. The van der Waals surface area contributed by atoms with Crippen molar-refractivity contribution in [2.75, 3.05) is 26.7 Å². The molecular formula is C31H36N4O5S. The summed E-state index contributed by atoms with van der Waals surface area (Å²) < 4.78 is 12.5. The average molecular weight is 577 g/mol. The Morgan fingerprint density at radius 3 is 2.54 bits per heavy atom. The molecule has 0 aliphatic carbocycles. The normalized spacial score (nSPS) is 20.4. The van der Waals surface area contributed by atoms with Crippen LogP contribution in [0, 0.1) is 13.8 Å².